The topological polar surface area (TPSA) is 70.2 Å². The molecule has 0 saturated heterocycles. The Hall–Kier alpha value is -1.88. The largest absolute Gasteiger partial charge is 0.341 e. The molecule has 4 fully saturated rings. The van der Waals surface area contributed by atoms with Crippen LogP contribution in [-0.4, -0.2) is 25.5 Å². The molecule has 1 atom stereocenters. The van der Waals surface area contributed by atoms with Crippen LogP contribution >= 0.6 is 0 Å². The molecule has 1 aromatic rings. The number of nitrogens with one attached hydrogen (secondary N) is 3. The molecule has 1 aromatic carbocycles. The van der Waals surface area contributed by atoms with Crippen LogP contribution in [0.2, 0.25) is 0 Å². The highest BCUT2D eigenvalue weighted by Crippen LogP contribution is 2.61. The van der Waals surface area contributed by atoms with Crippen molar-refractivity contribution >= 4 is 11.9 Å². The minimum absolute atomic E-state index is 0.300. The molecule has 1 unspecified atom stereocenters. The molecule has 4 aliphatic carbocycles. The van der Waals surface area contributed by atoms with E-state index in [-0.39, 0.29) is 5.91 Å². The van der Waals surface area contributed by atoms with E-state index < -0.39 is 12.1 Å². The first-order valence-corrected chi connectivity index (χ1v) is 10.4. The second kappa shape index (κ2) is 7.63. The third-order valence-corrected chi connectivity index (χ3v) is 7.03. The maximum Gasteiger partial charge on any atom is 0.321 e. The first kappa shape index (κ1) is 18.5. The van der Waals surface area contributed by atoms with Crippen LogP contribution in [0.4, 0.5) is 4.79 Å². The smallest absolute Gasteiger partial charge is 0.321 e. The van der Waals surface area contributed by atoms with Gasteiger partial charge in [-0.25, -0.2) is 4.79 Å². The van der Waals surface area contributed by atoms with Gasteiger partial charge >= 0.3 is 6.03 Å². The van der Waals surface area contributed by atoms with Gasteiger partial charge in [0, 0.05) is 7.05 Å². The number of carbonyl (C=O) groups is 2. The van der Waals surface area contributed by atoms with Gasteiger partial charge in [-0.1, -0.05) is 30.3 Å². The Morgan fingerprint density at radius 2 is 1.63 bits per heavy atom. The summed E-state index contributed by atoms with van der Waals surface area (Å²) < 4.78 is 0. The highest BCUT2D eigenvalue weighted by atomic mass is 16.2. The standard InChI is InChI=1S/C22H31N3O2/c1-23-21(27)25-20(26)19(18-5-3-2-4-6-18)24-8-7-22-12-15-9-16(13-22)11-17(10-15)14-22/h2-6,15-17,19,24H,7-14H2,1H3,(H2,23,25,26,27). The van der Waals surface area contributed by atoms with Crippen LogP contribution in [0.5, 0.6) is 0 Å². The quantitative estimate of drug-likeness (QED) is 0.720. The second-order valence-corrected chi connectivity index (χ2v) is 9.03. The van der Waals surface area contributed by atoms with E-state index in [9.17, 15) is 9.59 Å². The zero-order chi connectivity index (χ0) is 18.9. The zero-order valence-electron chi connectivity index (χ0n) is 16.2. The fraction of sp³-hybridized carbons (Fsp3) is 0.636. The van der Waals surface area contributed by atoms with Gasteiger partial charge in [-0.3, -0.25) is 10.1 Å². The third kappa shape index (κ3) is 4.03. The summed E-state index contributed by atoms with van der Waals surface area (Å²) in [6, 6.07) is 8.69. The summed E-state index contributed by atoms with van der Waals surface area (Å²) in [6.07, 6.45) is 9.62. The first-order valence-electron chi connectivity index (χ1n) is 10.4. The molecule has 0 aromatic heterocycles. The Labute approximate surface area is 161 Å². The van der Waals surface area contributed by atoms with Crippen molar-refractivity contribution in [3.05, 3.63) is 35.9 Å². The van der Waals surface area contributed by atoms with E-state index in [1.54, 1.807) is 0 Å². The van der Waals surface area contributed by atoms with Crippen molar-refractivity contribution in [2.75, 3.05) is 13.6 Å². The molecule has 5 heteroatoms. The van der Waals surface area contributed by atoms with E-state index in [1.807, 2.05) is 30.3 Å². The maximum atomic E-state index is 12.6. The Kier molecular flexibility index (Phi) is 5.22. The molecule has 5 nitrogen and oxygen atoms in total. The van der Waals surface area contributed by atoms with Gasteiger partial charge in [0.1, 0.15) is 6.04 Å². The van der Waals surface area contributed by atoms with Gasteiger partial charge in [0.25, 0.3) is 0 Å². The molecule has 3 amide bonds. The molecular formula is C22H31N3O2. The minimum Gasteiger partial charge on any atom is -0.341 e. The Morgan fingerprint density at radius 3 is 2.19 bits per heavy atom. The van der Waals surface area contributed by atoms with Crippen LogP contribution < -0.4 is 16.0 Å². The van der Waals surface area contributed by atoms with Crippen LogP contribution in [0.25, 0.3) is 0 Å². The highest BCUT2D eigenvalue weighted by molar-refractivity contribution is 5.97. The first-order chi connectivity index (χ1) is 13.1. The SMILES string of the molecule is CNC(=O)NC(=O)C(NCCC12CC3CC(CC(C3)C1)C2)c1ccccc1. The maximum absolute atomic E-state index is 12.6. The number of urea groups is 1. The molecule has 3 N–H and O–H groups in total. The number of hydrogen-bond acceptors (Lipinski definition) is 3. The van der Waals surface area contributed by atoms with Crippen LogP contribution in [0.15, 0.2) is 30.3 Å². The summed E-state index contributed by atoms with van der Waals surface area (Å²) in [5, 5.41) is 8.32. The Balaban J connectivity index is 1.40. The predicted molar refractivity (Wildman–Crippen MR) is 105 cm³/mol. The summed E-state index contributed by atoms with van der Waals surface area (Å²) in [4.78, 5) is 24.2. The lowest BCUT2D eigenvalue weighted by Gasteiger charge is -2.57. The lowest BCUT2D eigenvalue weighted by atomic mass is 9.49. The number of hydrogen-bond donors (Lipinski definition) is 3. The number of amides is 3. The summed E-state index contributed by atoms with van der Waals surface area (Å²) >= 11 is 0. The van der Waals surface area contributed by atoms with E-state index in [0.717, 1.165) is 36.3 Å². The van der Waals surface area contributed by atoms with E-state index in [2.05, 4.69) is 16.0 Å². The van der Waals surface area contributed by atoms with Gasteiger partial charge in [0.15, 0.2) is 0 Å². The minimum atomic E-state index is -0.502. The van der Waals surface area contributed by atoms with E-state index in [0.29, 0.717) is 5.41 Å². The predicted octanol–water partition coefficient (Wildman–Crippen LogP) is 3.38. The van der Waals surface area contributed by atoms with Gasteiger partial charge in [0.05, 0.1) is 0 Å². The summed E-state index contributed by atoms with van der Waals surface area (Å²) in [5.74, 6) is 2.53. The number of benzene rings is 1. The van der Waals surface area contributed by atoms with E-state index in [1.165, 1.54) is 45.6 Å². The molecule has 27 heavy (non-hydrogen) atoms. The molecule has 0 heterocycles. The lowest BCUT2D eigenvalue weighted by molar-refractivity contribution is -0.122. The van der Waals surface area contributed by atoms with Crippen molar-refractivity contribution in [2.45, 2.75) is 51.0 Å². The fourth-order valence-electron chi connectivity index (χ4n) is 6.33. The number of rotatable bonds is 6. The Morgan fingerprint density at radius 1 is 1.04 bits per heavy atom. The van der Waals surface area contributed by atoms with Crippen LogP contribution in [0.3, 0.4) is 0 Å². The molecule has 4 aliphatic rings. The van der Waals surface area contributed by atoms with Gasteiger partial charge in [-0.05, 0) is 80.2 Å². The van der Waals surface area contributed by atoms with Crippen molar-refractivity contribution in [3.8, 4) is 0 Å². The third-order valence-electron chi connectivity index (χ3n) is 7.03. The average molecular weight is 370 g/mol. The summed E-state index contributed by atoms with van der Waals surface area (Å²) in [6.45, 7) is 0.812. The van der Waals surface area contributed by atoms with Gasteiger partial charge in [-0.15, -0.1) is 0 Å². The fourth-order valence-corrected chi connectivity index (χ4v) is 6.33. The summed E-state index contributed by atoms with van der Waals surface area (Å²) in [7, 11) is 1.51. The number of carbonyl (C=O) groups excluding carboxylic acids is 2. The monoisotopic (exact) mass is 369 g/mol. The van der Waals surface area contributed by atoms with Crippen LogP contribution in [0, 0.1) is 23.2 Å². The normalized spacial score (nSPS) is 32.1. The van der Waals surface area contributed by atoms with Crippen LogP contribution in [0.1, 0.15) is 56.6 Å². The molecule has 0 spiro atoms. The van der Waals surface area contributed by atoms with Gasteiger partial charge < -0.3 is 10.6 Å². The van der Waals surface area contributed by atoms with Crippen molar-refractivity contribution in [3.63, 3.8) is 0 Å². The molecule has 5 rings (SSSR count). The molecular weight excluding hydrogens is 338 g/mol. The molecule has 0 radical (unpaired) electrons. The average Bonchev–Trinajstić information content (AvgIpc) is 2.64. The Bertz CT molecular complexity index is 653. The van der Waals surface area contributed by atoms with Crippen molar-refractivity contribution in [2.24, 2.45) is 23.2 Å². The van der Waals surface area contributed by atoms with Crippen molar-refractivity contribution < 1.29 is 9.59 Å². The molecule has 4 bridgehead atoms. The number of imide groups is 1. The molecule has 4 saturated carbocycles. The van der Waals surface area contributed by atoms with Gasteiger partial charge in [-0.2, -0.15) is 0 Å². The lowest BCUT2D eigenvalue weighted by Crippen LogP contribution is -2.48. The van der Waals surface area contributed by atoms with Crippen LogP contribution in [-0.2, 0) is 4.79 Å². The van der Waals surface area contributed by atoms with Crippen molar-refractivity contribution in [1.29, 1.82) is 0 Å². The van der Waals surface area contributed by atoms with Gasteiger partial charge in [0.2, 0.25) is 5.91 Å². The zero-order valence-corrected chi connectivity index (χ0v) is 16.2. The highest BCUT2D eigenvalue weighted by Gasteiger charge is 2.50. The molecule has 0 aliphatic heterocycles. The summed E-state index contributed by atoms with van der Waals surface area (Å²) in [5.41, 5.74) is 1.38. The molecule has 146 valence electrons. The van der Waals surface area contributed by atoms with E-state index >= 15 is 0 Å². The van der Waals surface area contributed by atoms with Crippen molar-refractivity contribution in [1.82, 2.24) is 16.0 Å². The van der Waals surface area contributed by atoms with E-state index in [4.69, 9.17) is 0 Å². The second-order valence-electron chi connectivity index (χ2n) is 9.03.